The van der Waals surface area contributed by atoms with Crippen molar-refractivity contribution in [2.75, 3.05) is 10.6 Å². The zero-order chi connectivity index (χ0) is 18.5. The average molecular weight is 350 g/mol. The maximum Gasteiger partial charge on any atom is 0.257 e. The molecule has 1 amide bonds. The van der Waals surface area contributed by atoms with E-state index >= 15 is 0 Å². The molecule has 0 spiro atoms. The molecule has 0 unspecified atom stereocenters. The molecule has 3 rings (SSSR count). The van der Waals surface area contributed by atoms with Crippen LogP contribution in [0.1, 0.15) is 15.9 Å². The minimum Gasteiger partial charge on any atom is -0.340 e. The van der Waals surface area contributed by atoms with Gasteiger partial charge in [0.05, 0.1) is 22.9 Å². The highest BCUT2D eigenvalue weighted by molar-refractivity contribution is 6.04. The number of amides is 1. The quantitative estimate of drug-likeness (QED) is 0.738. The smallest absolute Gasteiger partial charge is 0.257 e. The predicted molar refractivity (Wildman–Crippen MR) is 93.0 cm³/mol. The van der Waals surface area contributed by atoms with Crippen molar-refractivity contribution < 1.29 is 13.6 Å². The van der Waals surface area contributed by atoms with Gasteiger partial charge in [0, 0.05) is 18.0 Å². The summed E-state index contributed by atoms with van der Waals surface area (Å²) in [6.45, 7) is 0. The third-order valence-electron chi connectivity index (χ3n) is 3.49. The Hall–Kier alpha value is -3.79. The fourth-order valence-corrected chi connectivity index (χ4v) is 2.16. The lowest BCUT2D eigenvalue weighted by atomic mass is 10.2. The van der Waals surface area contributed by atoms with Crippen LogP contribution in [0.3, 0.4) is 0 Å². The van der Waals surface area contributed by atoms with Crippen LogP contribution >= 0.6 is 0 Å². The van der Waals surface area contributed by atoms with E-state index in [2.05, 4.69) is 15.6 Å². The minimum atomic E-state index is -0.856. The summed E-state index contributed by atoms with van der Waals surface area (Å²) in [7, 11) is 0. The Balaban J connectivity index is 1.68. The first-order valence-corrected chi connectivity index (χ1v) is 7.55. The Bertz CT molecular complexity index is 980. The number of carbonyl (C=O) groups is 1. The van der Waals surface area contributed by atoms with Gasteiger partial charge in [-0.3, -0.25) is 4.79 Å². The number of aromatic nitrogens is 1. The standard InChI is InChI=1S/C19H12F2N4O/c20-14-4-7-17(16(21)9-14)25-19(26)13-3-8-18(23-11-13)24-15-5-1-12(10-22)2-6-15/h1-9,11H,(H,23,24)(H,25,26). The highest BCUT2D eigenvalue weighted by Crippen LogP contribution is 2.18. The number of benzene rings is 2. The predicted octanol–water partition coefficient (Wildman–Crippen LogP) is 4.23. The van der Waals surface area contributed by atoms with Crippen LogP contribution in [0, 0.1) is 23.0 Å². The molecular weight excluding hydrogens is 338 g/mol. The normalized spacial score (nSPS) is 10.0. The van der Waals surface area contributed by atoms with Crippen molar-refractivity contribution >= 4 is 23.1 Å². The molecule has 2 aromatic carbocycles. The lowest BCUT2D eigenvalue weighted by Crippen LogP contribution is -2.13. The van der Waals surface area contributed by atoms with Crippen molar-refractivity contribution in [2.45, 2.75) is 0 Å². The molecule has 3 aromatic rings. The molecular formula is C19H12F2N4O. The first kappa shape index (κ1) is 17.0. The maximum atomic E-state index is 13.6. The van der Waals surface area contributed by atoms with Gasteiger partial charge in [-0.2, -0.15) is 5.26 Å². The van der Waals surface area contributed by atoms with Crippen LogP contribution in [0.2, 0.25) is 0 Å². The Morgan fingerprint density at radius 2 is 1.81 bits per heavy atom. The fourth-order valence-electron chi connectivity index (χ4n) is 2.16. The largest absolute Gasteiger partial charge is 0.340 e. The van der Waals surface area contributed by atoms with Gasteiger partial charge in [0.25, 0.3) is 5.91 Å². The molecule has 0 saturated heterocycles. The summed E-state index contributed by atoms with van der Waals surface area (Å²) in [4.78, 5) is 16.3. The van der Waals surface area contributed by atoms with Crippen LogP contribution in [0.4, 0.5) is 26.0 Å². The second kappa shape index (κ2) is 7.40. The minimum absolute atomic E-state index is 0.115. The summed E-state index contributed by atoms with van der Waals surface area (Å²) in [5.41, 5.74) is 1.39. The molecule has 128 valence electrons. The highest BCUT2D eigenvalue weighted by atomic mass is 19.1. The Morgan fingerprint density at radius 3 is 2.42 bits per heavy atom. The number of hydrogen-bond acceptors (Lipinski definition) is 4. The van der Waals surface area contributed by atoms with E-state index in [1.54, 1.807) is 30.3 Å². The zero-order valence-electron chi connectivity index (χ0n) is 13.3. The molecule has 0 atom stereocenters. The number of anilines is 3. The van der Waals surface area contributed by atoms with E-state index in [-0.39, 0.29) is 11.3 Å². The van der Waals surface area contributed by atoms with Gasteiger partial charge in [-0.05, 0) is 48.5 Å². The van der Waals surface area contributed by atoms with Gasteiger partial charge in [-0.1, -0.05) is 0 Å². The van der Waals surface area contributed by atoms with Gasteiger partial charge in [-0.25, -0.2) is 13.8 Å². The van der Waals surface area contributed by atoms with Gasteiger partial charge < -0.3 is 10.6 Å². The molecule has 1 heterocycles. The van der Waals surface area contributed by atoms with E-state index < -0.39 is 17.5 Å². The maximum absolute atomic E-state index is 13.6. The molecule has 2 N–H and O–H groups in total. The van der Waals surface area contributed by atoms with E-state index in [4.69, 9.17) is 5.26 Å². The van der Waals surface area contributed by atoms with Crippen molar-refractivity contribution in [2.24, 2.45) is 0 Å². The third-order valence-corrected chi connectivity index (χ3v) is 3.49. The highest BCUT2D eigenvalue weighted by Gasteiger charge is 2.10. The van der Waals surface area contributed by atoms with Crippen molar-refractivity contribution in [3.8, 4) is 6.07 Å². The Labute approximate surface area is 147 Å². The van der Waals surface area contributed by atoms with Crippen molar-refractivity contribution in [3.63, 3.8) is 0 Å². The number of pyridine rings is 1. The summed E-state index contributed by atoms with van der Waals surface area (Å²) < 4.78 is 26.5. The van der Waals surface area contributed by atoms with Gasteiger partial charge in [0.15, 0.2) is 0 Å². The summed E-state index contributed by atoms with van der Waals surface area (Å²) in [6.07, 6.45) is 1.34. The first-order valence-electron chi connectivity index (χ1n) is 7.55. The molecule has 26 heavy (non-hydrogen) atoms. The van der Waals surface area contributed by atoms with Crippen molar-refractivity contribution in [1.82, 2.24) is 4.98 Å². The molecule has 1 aromatic heterocycles. The molecule has 0 saturated carbocycles. The average Bonchev–Trinajstić information content (AvgIpc) is 2.65. The van der Waals surface area contributed by atoms with E-state index in [9.17, 15) is 13.6 Å². The SMILES string of the molecule is N#Cc1ccc(Nc2ccc(C(=O)Nc3ccc(F)cc3F)cn2)cc1. The van der Waals surface area contributed by atoms with Crippen LogP contribution in [0.15, 0.2) is 60.8 Å². The summed E-state index contributed by atoms with van der Waals surface area (Å²) in [6, 6.07) is 14.8. The lowest BCUT2D eigenvalue weighted by molar-refractivity contribution is 0.102. The van der Waals surface area contributed by atoms with Crippen LogP contribution in [-0.4, -0.2) is 10.9 Å². The molecule has 5 nitrogen and oxygen atoms in total. The first-order chi connectivity index (χ1) is 12.5. The number of hydrogen-bond donors (Lipinski definition) is 2. The lowest BCUT2D eigenvalue weighted by Gasteiger charge is -2.08. The number of nitrogens with zero attached hydrogens (tertiary/aromatic N) is 2. The molecule has 0 fully saturated rings. The number of rotatable bonds is 4. The Kier molecular flexibility index (Phi) is 4.85. The second-order valence-electron chi connectivity index (χ2n) is 5.32. The van der Waals surface area contributed by atoms with E-state index in [0.717, 1.165) is 17.8 Å². The van der Waals surface area contributed by atoms with Gasteiger partial charge in [0.2, 0.25) is 0 Å². The van der Waals surface area contributed by atoms with E-state index in [1.807, 2.05) is 6.07 Å². The third kappa shape index (κ3) is 3.99. The van der Waals surface area contributed by atoms with Gasteiger partial charge in [0.1, 0.15) is 17.5 Å². The number of nitriles is 1. The molecule has 7 heteroatoms. The van der Waals surface area contributed by atoms with Crippen LogP contribution in [0.25, 0.3) is 0 Å². The molecule has 0 aliphatic rings. The molecule has 0 aliphatic carbocycles. The van der Waals surface area contributed by atoms with E-state index in [0.29, 0.717) is 17.4 Å². The summed E-state index contributed by atoms with van der Waals surface area (Å²) in [5.74, 6) is -1.64. The molecule has 0 bridgehead atoms. The van der Waals surface area contributed by atoms with Crippen molar-refractivity contribution in [1.29, 1.82) is 5.26 Å². The Morgan fingerprint density at radius 1 is 1.04 bits per heavy atom. The van der Waals surface area contributed by atoms with E-state index in [1.165, 1.54) is 12.3 Å². The molecule has 0 aliphatic heterocycles. The number of carbonyl (C=O) groups excluding carboxylic acids is 1. The number of nitrogens with one attached hydrogen (secondary N) is 2. The zero-order valence-corrected chi connectivity index (χ0v) is 13.3. The van der Waals surface area contributed by atoms with Gasteiger partial charge >= 0.3 is 0 Å². The monoisotopic (exact) mass is 350 g/mol. The van der Waals surface area contributed by atoms with Crippen LogP contribution in [0.5, 0.6) is 0 Å². The van der Waals surface area contributed by atoms with Crippen LogP contribution < -0.4 is 10.6 Å². The van der Waals surface area contributed by atoms with Crippen molar-refractivity contribution in [3.05, 3.63) is 83.6 Å². The number of halogens is 2. The summed E-state index contributed by atoms with van der Waals surface area (Å²) >= 11 is 0. The topological polar surface area (TPSA) is 77.8 Å². The summed E-state index contributed by atoms with van der Waals surface area (Å²) in [5, 5.41) is 14.2. The second-order valence-corrected chi connectivity index (χ2v) is 5.32. The van der Waals surface area contributed by atoms with Gasteiger partial charge in [-0.15, -0.1) is 0 Å². The van der Waals surface area contributed by atoms with Crippen LogP contribution in [-0.2, 0) is 0 Å². The fraction of sp³-hybridized carbons (Fsp3) is 0. The molecule has 0 radical (unpaired) electrons.